The van der Waals surface area contributed by atoms with E-state index in [9.17, 15) is 0 Å². The van der Waals surface area contributed by atoms with Gasteiger partial charge in [0, 0.05) is 19.6 Å². The summed E-state index contributed by atoms with van der Waals surface area (Å²) >= 11 is 3.57. The molecular formula is C14H9NS2. The molecule has 0 saturated carbocycles. The second-order valence-electron chi connectivity index (χ2n) is 3.73. The predicted octanol–water partition coefficient (Wildman–Crippen LogP) is 4.37. The van der Waals surface area contributed by atoms with Crippen molar-refractivity contribution in [1.82, 2.24) is 0 Å². The third-order valence-corrected chi connectivity index (χ3v) is 5.27. The summed E-state index contributed by atoms with van der Waals surface area (Å²) in [5, 5.41) is 8.85. The minimum atomic E-state index is 0.485. The Hall–Kier alpha value is -1.37. The fourth-order valence-corrected chi connectivity index (χ4v) is 4.23. The number of nitrogens with zero attached hydrogens (tertiary/aromatic N) is 1. The molecule has 0 saturated heterocycles. The molecule has 0 amide bonds. The number of hydrogen-bond acceptors (Lipinski definition) is 3. The predicted molar refractivity (Wildman–Crippen MR) is 70.4 cm³/mol. The summed E-state index contributed by atoms with van der Waals surface area (Å²) in [4.78, 5) is 5.11. The molecule has 17 heavy (non-hydrogen) atoms. The number of nitriles is 1. The van der Waals surface area contributed by atoms with Crippen LogP contribution in [0.2, 0.25) is 0 Å². The van der Waals surface area contributed by atoms with E-state index in [1.54, 1.807) is 23.5 Å². The molecule has 3 heteroatoms. The van der Waals surface area contributed by atoms with Crippen molar-refractivity contribution < 1.29 is 0 Å². The topological polar surface area (TPSA) is 23.8 Å². The summed E-state index contributed by atoms with van der Waals surface area (Å²) in [5.41, 5.74) is 1.14. The molecule has 0 aliphatic carbocycles. The van der Waals surface area contributed by atoms with Gasteiger partial charge in [0.25, 0.3) is 0 Å². The lowest BCUT2D eigenvalue weighted by Crippen LogP contribution is -1.94. The van der Waals surface area contributed by atoms with Crippen molar-refractivity contribution in [3.8, 4) is 6.07 Å². The van der Waals surface area contributed by atoms with E-state index in [4.69, 9.17) is 5.26 Å². The molecule has 3 rings (SSSR count). The van der Waals surface area contributed by atoms with Crippen molar-refractivity contribution in [3.05, 3.63) is 48.0 Å². The summed E-state index contributed by atoms with van der Waals surface area (Å²) in [6.07, 6.45) is 0.485. The quantitative estimate of drug-likeness (QED) is 0.645. The SMILES string of the molecule is N#CCc1cccc2c1Sc1ccccc1S2. The van der Waals surface area contributed by atoms with E-state index in [1.807, 2.05) is 12.1 Å². The Labute approximate surface area is 109 Å². The van der Waals surface area contributed by atoms with Gasteiger partial charge in [-0.3, -0.25) is 0 Å². The van der Waals surface area contributed by atoms with Crippen LogP contribution in [0.25, 0.3) is 0 Å². The lowest BCUT2D eigenvalue weighted by Gasteiger charge is -2.19. The molecule has 0 unspecified atom stereocenters. The Morgan fingerprint density at radius 3 is 2.35 bits per heavy atom. The molecule has 0 N–H and O–H groups in total. The molecule has 0 fully saturated rings. The highest BCUT2D eigenvalue weighted by Crippen LogP contribution is 2.49. The molecule has 0 spiro atoms. The van der Waals surface area contributed by atoms with Crippen LogP contribution in [-0.4, -0.2) is 0 Å². The van der Waals surface area contributed by atoms with Gasteiger partial charge in [-0.1, -0.05) is 47.8 Å². The molecule has 0 aromatic heterocycles. The zero-order valence-electron chi connectivity index (χ0n) is 9.01. The van der Waals surface area contributed by atoms with Crippen molar-refractivity contribution >= 4 is 23.5 Å². The van der Waals surface area contributed by atoms with E-state index in [0.717, 1.165) is 5.56 Å². The standard InChI is InChI=1S/C14H9NS2/c15-9-8-10-4-3-7-13-14(10)17-12-6-2-1-5-11(12)16-13/h1-7H,8H2. The maximum Gasteiger partial charge on any atom is 0.0670 e. The van der Waals surface area contributed by atoms with Crippen LogP contribution >= 0.6 is 23.5 Å². The summed E-state index contributed by atoms with van der Waals surface area (Å²) in [5.74, 6) is 0. The van der Waals surface area contributed by atoms with E-state index in [0.29, 0.717) is 6.42 Å². The van der Waals surface area contributed by atoms with Crippen LogP contribution in [0.5, 0.6) is 0 Å². The summed E-state index contributed by atoms with van der Waals surface area (Å²) in [7, 11) is 0. The van der Waals surface area contributed by atoms with Crippen LogP contribution in [0, 0.1) is 11.3 Å². The second kappa shape index (κ2) is 4.48. The van der Waals surface area contributed by atoms with Crippen LogP contribution in [0.4, 0.5) is 0 Å². The van der Waals surface area contributed by atoms with E-state index in [-0.39, 0.29) is 0 Å². The van der Waals surface area contributed by atoms with Gasteiger partial charge in [-0.2, -0.15) is 5.26 Å². The summed E-state index contributed by atoms with van der Waals surface area (Å²) < 4.78 is 0. The van der Waals surface area contributed by atoms with Gasteiger partial charge in [0.15, 0.2) is 0 Å². The second-order valence-corrected chi connectivity index (χ2v) is 5.87. The Balaban J connectivity index is 2.09. The van der Waals surface area contributed by atoms with Gasteiger partial charge >= 0.3 is 0 Å². The molecule has 0 bridgehead atoms. The number of hydrogen-bond donors (Lipinski definition) is 0. The first-order valence-electron chi connectivity index (χ1n) is 5.32. The first-order chi connectivity index (χ1) is 8.38. The fraction of sp³-hybridized carbons (Fsp3) is 0.0714. The van der Waals surface area contributed by atoms with Gasteiger partial charge in [0.1, 0.15) is 0 Å². The molecule has 0 radical (unpaired) electrons. The monoisotopic (exact) mass is 255 g/mol. The van der Waals surface area contributed by atoms with E-state index < -0.39 is 0 Å². The van der Waals surface area contributed by atoms with Gasteiger partial charge in [-0.15, -0.1) is 0 Å². The molecule has 2 aromatic rings. The van der Waals surface area contributed by atoms with Crippen LogP contribution < -0.4 is 0 Å². The number of fused-ring (bicyclic) bond motifs is 2. The maximum atomic E-state index is 8.85. The average molecular weight is 255 g/mol. The van der Waals surface area contributed by atoms with Crippen molar-refractivity contribution in [3.63, 3.8) is 0 Å². The Morgan fingerprint density at radius 2 is 1.59 bits per heavy atom. The molecule has 1 aliphatic heterocycles. The molecule has 0 atom stereocenters. The molecular weight excluding hydrogens is 246 g/mol. The van der Waals surface area contributed by atoms with E-state index in [2.05, 4.69) is 36.4 Å². The highest BCUT2D eigenvalue weighted by molar-refractivity contribution is 8.05. The van der Waals surface area contributed by atoms with Crippen molar-refractivity contribution in [2.75, 3.05) is 0 Å². The van der Waals surface area contributed by atoms with Gasteiger partial charge in [0.05, 0.1) is 12.5 Å². The normalized spacial score (nSPS) is 12.4. The number of rotatable bonds is 1. The zero-order chi connectivity index (χ0) is 11.7. The van der Waals surface area contributed by atoms with Gasteiger partial charge in [-0.25, -0.2) is 0 Å². The van der Waals surface area contributed by atoms with E-state index >= 15 is 0 Å². The molecule has 2 aromatic carbocycles. The summed E-state index contributed by atoms with van der Waals surface area (Å²) in [6.45, 7) is 0. The molecule has 1 heterocycles. The lowest BCUT2D eigenvalue weighted by molar-refractivity contribution is 1.08. The number of benzene rings is 2. The Morgan fingerprint density at radius 1 is 0.882 bits per heavy atom. The highest BCUT2D eigenvalue weighted by atomic mass is 32.2. The first kappa shape index (κ1) is 10.8. The van der Waals surface area contributed by atoms with E-state index in [1.165, 1.54) is 19.6 Å². The zero-order valence-corrected chi connectivity index (χ0v) is 10.6. The minimum absolute atomic E-state index is 0.485. The van der Waals surface area contributed by atoms with Crippen LogP contribution in [0.15, 0.2) is 62.0 Å². The largest absolute Gasteiger partial charge is 0.198 e. The van der Waals surface area contributed by atoms with Crippen molar-refractivity contribution in [1.29, 1.82) is 5.26 Å². The van der Waals surface area contributed by atoms with Gasteiger partial charge in [-0.05, 0) is 23.8 Å². The summed E-state index contributed by atoms with van der Waals surface area (Å²) in [6, 6.07) is 16.9. The third kappa shape index (κ3) is 1.95. The highest BCUT2D eigenvalue weighted by Gasteiger charge is 2.18. The van der Waals surface area contributed by atoms with Crippen LogP contribution in [0.1, 0.15) is 5.56 Å². The smallest absolute Gasteiger partial charge is 0.0670 e. The molecule has 82 valence electrons. The van der Waals surface area contributed by atoms with Gasteiger partial charge < -0.3 is 0 Å². The lowest BCUT2D eigenvalue weighted by atomic mass is 10.2. The Bertz CT molecular complexity index is 614. The maximum absolute atomic E-state index is 8.85. The van der Waals surface area contributed by atoms with Crippen molar-refractivity contribution in [2.24, 2.45) is 0 Å². The molecule has 1 aliphatic rings. The van der Waals surface area contributed by atoms with Crippen molar-refractivity contribution in [2.45, 2.75) is 26.0 Å². The van der Waals surface area contributed by atoms with Crippen LogP contribution in [-0.2, 0) is 6.42 Å². The van der Waals surface area contributed by atoms with Crippen LogP contribution in [0.3, 0.4) is 0 Å². The van der Waals surface area contributed by atoms with Gasteiger partial charge in [0.2, 0.25) is 0 Å². The molecule has 1 nitrogen and oxygen atoms in total. The fourth-order valence-electron chi connectivity index (χ4n) is 1.83. The minimum Gasteiger partial charge on any atom is -0.198 e. The third-order valence-electron chi connectivity index (χ3n) is 2.61. The Kier molecular flexibility index (Phi) is 2.84. The average Bonchev–Trinajstić information content (AvgIpc) is 2.37. The first-order valence-corrected chi connectivity index (χ1v) is 6.95.